The highest BCUT2D eigenvalue weighted by Gasteiger charge is 2.09. The molecule has 0 aliphatic rings. The second-order valence-electron chi connectivity index (χ2n) is 7.07. The maximum absolute atomic E-state index is 4.29. The molecule has 0 radical (unpaired) electrons. The average molecular weight is 331 g/mol. The van der Waals surface area contributed by atoms with Crippen molar-refractivity contribution in [3.63, 3.8) is 0 Å². The van der Waals surface area contributed by atoms with Crippen molar-refractivity contribution in [2.75, 3.05) is 0 Å². The lowest BCUT2D eigenvalue weighted by Crippen LogP contribution is -1.93. The van der Waals surface area contributed by atoms with E-state index >= 15 is 0 Å². The molecule has 0 fully saturated rings. The fourth-order valence-corrected chi connectivity index (χ4v) is 3.24. The zero-order chi connectivity index (χ0) is 18.4. The number of benzene rings is 2. The van der Waals surface area contributed by atoms with E-state index in [2.05, 4.69) is 95.8 Å². The molecule has 0 saturated carbocycles. The molecule has 0 N–H and O–H groups in total. The van der Waals surface area contributed by atoms with Crippen LogP contribution in [-0.4, -0.2) is 0 Å². The topological polar surface area (TPSA) is 0 Å². The predicted octanol–water partition coefficient (Wildman–Crippen LogP) is 7.54. The van der Waals surface area contributed by atoms with Crippen LogP contribution in [0.2, 0.25) is 0 Å². The summed E-state index contributed by atoms with van der Waals surface area (Å²) >= 11 is 0. The Morgan fingerprint density at radius 2 is 1.68 bits per heavy atom. The van der Waals surface area contributed by atoms with Gasteiger partial charge in [0.25, 0.3) is 0 Å². The minimum absolute atomic E-state index is 1.06. The molecule has 130 valence electrons. The summed E-state index contributed by atoms with van der Waals surface area (Å²) in [6.07, 6.45) is 6.63. The third-order valence-corrected chi connectivity index (χ3v) is 4.35. The molecule has 25 heavy (non-hydrogen) atoms. The quantitative estimate of drug-likeness (QED) is 0.480. The Morgan fingerprint density at radius 1 is 0.960 bits per heavy atom. The Kier molecular flexibility index (Phi) is 6.58. The van der Waals surface area contributed by atoms with Crippen LogP contribution in [0.5, 0.6) is 0 Å². The largest absolute Gasteiger partial charge is 0.0911 e. The zero-order valence-electron chi connectivity index (χ0n) is 16.3. The van der Waals surface area contributed by atoms with E-state index in [1.54, 1.807) is 0 Å². The summed E-state index contributed by atoms with van der Waals surface area (Å²) in [5, 5.41) is 0. The first-order valence-corrected chi connectivity index (χ1v) is 9.13. The van der Waals surface area contributed by atoms with E-state index in [1.807, 2.05) is 0 Å². The third-order valence-electron chi connectivity index (χ3n) is 4.35. The van der Waals surface area contributed by atoms with Crippen molar-refractivity contribution in [2.24, 2.45) is 0 Å². The van der Waals surface area contributed by atoms with Crippen LogP contribution >= 0.6 is 0 Å². The molecule has 0 heterocycles. The zero-order valence-corrected chi connectivity index (χ0v) is 16.3. The van der Waals surface area contributed by atoms with E-state index in [4.69, 9.17) is 0 Å². The van der Waals surface area contributed by atoms with Gasteiger partial charge < -0.3 is 0 Å². The lowest BCUT2D eigenvalue weighted by Gasteiger charge is -2.14. The van der Waals surface area contributed by atoms with Crippen LogP contribution in [0.15, 0.2) is 72.3 Å². The third kappa shape index (κ3) is 5.06. The van der Waals surface area contributed by atoms with Crippen LogP contribution in [0.25, 0.3) is 16.7 Å². The lowest BCUT2D eigenvalue weighted by atomic mass is 9.91. The van der Waals surface area contributed by atoms with Gasteiger partial charge >= 0.3 is 0 Å². The van der Waals surface area contributed by atoms with Crippen LogP contribution in [0.1, 0.15) is 50.8 Å². The first kappa shape index (κ1) is 19.0. The molecule has 0 nitrogen and oxygen atoms in total. The molecule has 2 aromatic rings. The lowest BCUT2D eigenvalue weighted by molar-refractivity contribution is 0.923. The smallest absolute Gasteiger partial charge is 0.0146 e. The van der Waals surface area contributed by atoms with Crippen molar-refractivity contribution in [3.8, 4) is 11.1 Å². The highest BCUT2D eigenvalue weighted by Crippen LogP contribution is 2.31. The van der Waals surface area contributed by atoms with E-state index in [0.717, 1.165) is 18.4 Å². The molecule has 0 aromatic heterocycles. The van der Waals surface area contributed by atoms with Gasteiger partial charge in [0.2, 0.25) is 0 Å². The number of rotatable bonds is 6. The van der Waals surface area contributed by atoms with Gasteiger partial charge in [0.15, 0.2) is 0 Å². The average Bonchev–Trinajstić information content (AvgIpc) is 2.55. The summed E-state index contributed by atoms with van der Waals surface area (Å²) in [5.41, 5.74) is 10.2. The van der Waals surface area contributed by atoms with E-state index in [0.29, 0.717) is 0 Å². The minimum Gasteiger partial charge on any atom is -0.0911 e. The van der Waals surface area contributed by atoms with Gasteiger partial charge in [-0.05, 0) is 73.6 Å². The van der Waals surface area contributed by atoms with Gasteiger partial charge in [-0.2, -0.15) is 0 Å². The summed E-state index contributed by atoms with van der Waals surface area (Å²) in [6, 6.07) is 15.4. The molecule has 0 bridgehead atoms. The standard InChI is InChI=1S/C25H30/c1-7-10-22-11-8-9-12-24(22)25-17-23(14-13-20(25)5)21(6)16-19(4)15-18(2)3/h8-9,11-17H,6-7,10H2,1-5H3/b19-16-. The van der Waals surface area contributed by atoms with Crippen molar-refractivity contribution in [2.45, 2.75) is 47.5 Å². The van der Waals surface area contributed by atoms with Gasteiger partial charge in [0, 0.05) is 0 Å². The molecule has 0 unspecified atom stereocenters. The first-order chi connectivity index (χ1) is 11.9. The normalized spacial score (nSPS) is 11.3. The van der Waals surface area contributed by atoms with Crippen molar-refractivity contribution in [3.05, 3.63) is 89.0 Å². The van der Waals surface area contributed by atoms with Crippen LogP contribution < -0.4 is 0 Å². The van der Waals surface area contributed by atoms with Gasteiger partial charge in [-0.15, -0.1) is 0 Å². The summed E-state index contributed by atoms with van der Waals surface area (Å²) < 4.78 is 0. The minimum atomic E-state index is 1.06. The fourth-order valence-electron chi connectivity index (χ4n) is 3.24. The molecule has 0 aliphatic carbocycles. The molecule has 2 rings (SSSR count). The summed E-state index contributed by atoms with van der Waals surface area (Å²) in [6.45, 7) is 15.1. The second-order valence-corrected chi connectivity index (χ2v) is 7.07. The Balaban J connectivity index is 2.45. The van der Waals surface area contributed by atoms with Crippen molar-refractivity contribution >= 4 is 5.57 Å². The Morgan fingerprint density at radius 3 is 2.36 bits per heavy atom. The van der Waals surface area contributed by atoms with E-state index in [-0.39, 0.29) is 0 Å². The number of hydrogen-bond acceptors (Lipinski definition) is 0. The van der Waals surface area contributed by atoms with Gasteiger partial charge in [0.05, 0.1) is 0 Å². The highest BCUT2D eigenvalue weighted by molar-refractivity contribution is 5.79. The summed E-state index contributed by atoms with van der Waals surface area (Å²) in [5.74, 6) is 0. The van der Waals surface area contributed by atoms with E-state index in [9.17, 15) is 0 Å². The van der Waals surface area contributed by atoms with Gasteiger partial charge in [-0.3, -0.25) is 0 Å². The second kappa shape index (κ2) is 8.67. The first-order valence-electron chi connectivity index (χ1n) is 9.13. The number of allylic oxidation sites excluding steroid dienone is 5. The fraction of sp³-hybridized carbons (Fsp3) is 0.280. The summed E-state index contributed by atoms with van der Waals surface area (Å²) in [4.78, 5) is 0. The van der Waals surface area contributed by atoms with Gasteiger partial charge in [0.1, 0.15) is 0 Å². The molecular weight excluding hydrogens is 300 g/mol. The predicted molar refractivity (Wildman–Crippen MR) is 113 cm³/mol. The van der Waals surface area contributed by atoms with Crippen LogP contribution in [0.4, 0.5) is 0 Å². The van der Waals surface area contributed by atoms with Crippen LogP contribution in [-0.2, 0) is 6.42 Å². The van der Waals surface area contributed by atoms with E-state index in [1.165, 1.54) is 39.0 Å². The van der Waals surface area contributed by atoms with Crippen molar-refractivity contribution in [1.82, 2.24) is 0 Å². The van der Waals surface area contributed by atoms with Crippen LogP contribution in [0, 0.1) is 6.92 Å². The molecule has 0 amide bonds. The van der Waals surface area contributed by atoms with Crippen molar-refractivity contribution < 1.29 is 0 Å². The van der Waals surface area contributed by atoms with Gasteiger partial charge in [-0.25, -0.2) is 0 Å². The van der Waals surface area contributed by atoms with Crippen molar-refractivity contribution in [1.29, 1.82) is 0 Å². The highest BCUT2D eigenvalue weighted by atomic mass is 14.1. The molecule has 0 aliphatic heterocycles. The number of hydrogen-bond donors (Lipinski definition) is 0. The molecular formula is C25H30. The summed E-state index contributed by atoms with van der Waals surface area (Å²) in [7, 11) is 0. The van der Waals surface area contributed by atoms with Crippen LogP contribution in [0.3, 0.4) is 0 Å². The number of aryl methyl sites for hydroxylation is 2. The molecule has 0 heteroatoms. The molecule has 0 spiro atoms. The molecule has 2 aromatic carbocycles. The monoisotopic (exact) mass is 330 g/mol. The maximum Gasteiger partial charge on any atom is -0.0146 e. The Labute approximate surface area is 153 Å². The maximum atomic E-state index is 4.29. The Bertz CT molecular complexity index is 812. The molecule has 0 atom stereocenters. The molecule has 0 saturated heterocycles. The van der Waals surface area contributed by atoms with Gasteiger partial charge in [-0.1, -0.05) is 79.6 Å². The Hall–Kier alpha value is -2.34. The SMILES string of the molecule is C=C(/C=C(/C)C=C(C)C)c1ccc(C)c(-c2ccccc2CCC)c1. The van der Waals surface area contributed by atoms with E-state index < -0.39 is 0 Å².